The molecule has 0 spiro atoms. The molecule has 1 heterocycles. The molecule has 6 heteroatoms. The second-order valence-corrected chi connectivity index (χ2v) is 6.77. The first-order valence-corrected chi connectivity index (χ1v) is 9.18. The summed E-state index contributed by atoms with van der Waals surface area (Å²) in [5.41, 5.74) is 2.01. The molecule has 23 heavy (non-hydrogen) atoms. The zero-order chi connectivity index (χ0) is 16.8. The van der Waals surface area contributed by atoms with Crippen LogP contribution in [0.2, 0.25) is 0 Å². The number of nitrogens with one attached hydrogen (secondary N) is 1. The van der Waals surface area contributed by atoms with Crippen LogP contribution in [-0.4, -0.2) is 49.1 Å². The monoisotopic (exact) mass is 336 g/mol. The highest BCUT2D eigenvalue weighted by molar-refractivity contribution is 7.98. The number of hydrogen-bond donors (Lipinski definition) is 1. The number of urea groups is 1. The molecule has 1 fully saturated rings. The molecule has 1 saturated heterocycles. The largest absolute Gasteiger partial charge is 0.465 e. The van der Waals surface area contributed by atoms with E-state index in [0.717, 1.165) is 30.8 Å². The molecule has 126 valence electrons. The molecule has 0 aromatic heterocycles. The van der Waals surface area contributed by atoms with Crippen molar-refractivity contribution in [3.8, 4) is 0 Å². The summed E-state index contributed by atoms with van der Waals surface area (Å²) in [6, 6.07) is 5.09. The SMILES string of the molecule is COC(=O)c1ccc(C)c(NC(=O)N2CCC[C@@H](CSC)C2)c1. The predicted molar refractivity (Wildman–Crippen MR) is 94.2 cm³/mol. The van der Waals surface area contributed by atoms with Crippen LogP contribution in [0.1, 0.15) is 28.8 Å². The number of esters is 1. The van der Waals surface area contributed by atoms with Gasteiger partial charge in [0.2, 0.25) is 0 Å². The number of thioether (sulfide) groups is 1. The Hall–Kier alpha value is -1.69. The Morgan fingerprint density at radius 1 is 1.43 bits per heavy atom. The van der Waals surface area contributed by atoms with Crippen LogP contribution < -0.4 is 5.32 Å². The summed E-state index contributed by atoms with van der Waals surface area (Å²) >= 11 is 1.83. The second-order valence-electron chi connectivity index (χ2n) is 5.86. The van der Waals surface area contributed by atoms with Crippen LogP contribution in [-0.2, 0) is 4.74 Å². The minimum absolute atomic E-state index is 0.0964. The number of likely N-dealkylation sites (tertiary alicyclic amines) is 1. The first kappa shape index (κ1) is 17.7. The topological polar surface area (TPSA) is 58.6 Å². The summed E-state index contributed by atoms with van der Waals surface area (Å²) in [4.78, 5) is 26.0. The fourth-order valence-corrected chi connectivity index (χ4v) is 3.56. The Balaban J connectivity index is 2.06. The molecular weight excluding hydrogens is 312 g/mol. The van der Waals surface area contributed by atoms with Gasteiger partial charge in [-0.05, 0) is 55.4 Å². The van der Waals surface area contributed by atoms with Crippen molar-refractivity contribution in [3.05, 3.63) is 29.3 Å². The van der Waals surface area contributed by atoms with Gasteiger partial charge in [0.1, 0.15) is 0 Å². The Morgan fingerprint density at radius 2 is 2.22 bits per heavy atom. The highest BCUT2D eigenvalue weighted by Gasteiger charge is 2.23. The second kappa shape index (κ2) is 8.24. The van der Waals surface area contributed by atoms with Crippen LogP contribution in [0.25, 0.3) is 0 Å². The van der Waals surface area contributed by atoms with Crippen LogP contribution in [0.3, 0.4) is 0 Å². The van der Waals surface area contributed by atoms with Gasteiger partial charge in [0.05, 0.1) is 12.7 Å². The molecule has 0 unspecified atom stereocenters. The average Bonchev–Trinajstić information content (AvgIpc) is 2.56. The molecule has 1 aromatic rings. The molecule has 0 bridgehead atoms. The minimum Gasteiger partial charge on any atom is -0.465 e. The number of rotatable bonds is 4. The molecule has 5 nitrogen and oxygen atoms in total. The maximum Gasteiger partial charge on any atom is 0.337 e. The van der Waals surface area contributed by atoms with Gasteiger partial charge in [0.15, 0.2) is 0 Å². The molecular formula is C17H24N2O3S. The maximum absolute atomic E-state index is 12.5. The van der Waals surface area contributed by atoms with Crippen LogP contribution in [0, 0.1) is 12.8 Å². The summed E-state index contributed by atoms with van der Waals surface area (Å²) in [6.07, 6.45) is 4.32. The van der Waals surface area contributed by atoms with Gasteiger partial charge in [-0.2, -0.15) is 11.8 Å². The van der Waals surface area contributed by atoms with Gasteiger partial charge >= 0.3 is 12.0 Å². The molecule has 0 saturated carbocycles. The number of anilines is 1. The molecule has 1 aliphatic heterocycles. The molecule has 1 aliphatic rings. The first-order chi connectivity index (χ1) is 11.0. The fraction of sp³-hybridized carbons (Fsp3) is 0.529. The van der Waals surface area contributed by atoms with Gasteiger partial charge in [-0.3, -0.25) is 0 Å². The van der Waals surface area contributed by atoms with Crippen LogP contribution in [0.15, 0.2) is 18.2 Å². The summed E-state index contributed by atoms with van der Waals surface area (Å²) in [5, 5.41) is 2.93. The van der Waals surface area contributed by atoms with E-state index in [2.05, 4.69) is 11.6 Å². The third-order valence-electron chi connectivity index (χ3n) is 4.11. The number of ether oxygens (including phenoxy) is 1. The zero-order valence-electron chi connectivity index (χ0n) is 13.9. The van der Waals surface area contributed by atoms with Crippen molar-refractivity contribution in [1.82, 2.24) is 4.90 Å². The van der Waals surface area contributed by atoms with Crippen molar-refractivity contribution < 1.29 is 14.3 Å². The molecule has 0 radical (unpaired) electrons. The van der Waals surface area contributed by atoms with E-state index in [1.165, 1.54) is 13.5 Å². The molecule has 1 N–H and O–H groups in total. The lowest BCUT2D eigenvalue weighted by atomic mass is 10.0. The normalized spacial score (nSPS) is 17.7. The van der Waals surface area contributed by atoms with E-state index in [1.807, 2.05) is 29.7 Å². The number of hydrogen-bond acceptors (Lipinski definition) is 4. The average molecular weight is 336 g/mol. The predicted octanol–water partition coefficient (Wildman–Crippen LogP) is 3.39. The zero-order valence-corrected chi connectivity index (χ0v) is 14.7. The number of carbonyl (C=O) groups is 2. The van der Waals surface area contributed by atoms with Crippen molar-refractivity contribution in [2.24, 2.45) is 5.92 Å². The lowest BCUT2D eigenvalue weighted by molar-refractivity contribution is 0.0600. The molecule has 0 aliphatic carbocycles. The smallest absolute Gasteiger partial charge is 0.337 e. The summed E-state index contributed by atoms with van der Waals surface area (Å²) in [5.74, 6) is 1.24. The van der Waals surface area contributed by atoms with Crippen LogP contribution >= 0.6 is 11.8 Å². The van der Waals surface area contributed by atoms with Crippen molar-refractivity contribution in [2.75, 3.05) is 37.5 Å². The third-order valence-corrected chi connectivity index (χ3v) is 4.91. The van der Waals surface area contributed by atoms with Crippen molar-refractivity contribution >= 4 is 29.4 Å². The molecule has 1 aromatic carbocycles. The fourth-order valence-electron chi connectivity index (χ4n) is 2.82. The van der Waals surface area contributed by atoms with E-state index < -0.39 is 5.97 Å². The quantitative estimate of drug-likeness (QED) is 0.856. The number of amides is 2. The Kier molecular flexibility index (Phi) is 6.33. The number of benzene rings is 1. The van der Waals surface area contributed by atoms with E-state index in [4.69, 9.17) is 4.74 Å². The van der Waals surface area contributed by atoms with E-state index in [9.17, 15) is 9.59 Å². The summed E-state index contributed by atoms with van der Waals surface area (Å²) in [7, 11) is 1.35. The van der Waals surface area contributed by atoms with Crippen LogP contribution in [0.4, 0.5) is 10.5 Å². The summed E-state index contributed by atoms with van der Waals surface area (Å²) < 4.78 is 4.73. The molecule has 2 rings (SSSR count). The maximum atomic E-state index is 12.5. The van der Waals surface area contributed by atoms with E-state index in [0.29, 0.717) is 17.2 Å². The lowest BCUT2D eigenvalue weighted by Gasteiger charge is -2.32. The van der Waals surface area contributed by atoms with Gasteiger partial charge in [0, 0.05) is 18.8 Å². The van der Waals surface area contributed by atoms with Gasteiger partial charge in [-0.15, -0.1) is 0 Å². The number of methoxy groups -OCH3 is 1. The molecule has 1 atom stereocenters. The number of aryl methyl sites for hydroxylation is 1. The van der Waals surface area contributed by atoms with Gasteiger partial charge in [-0.1, -0.05) is 6.07 Å². The molecule has 2 amide bonds. The summed E-state index contributed by atoms with van der Waals surface area (Å²) in [6.45, 7) is 3.48. The van der Waals surface area contributed by atoms with Gasteiger partial charge in [0.25, 0.3) is 0 Å². The van der Waals surface area contributed by atoms with Crippen LogP contribution in [0.5, 0.6) is 0 Å². The number of piperidine rings is 1. The van der Waals surface area contributed by atoms with Gasteiger partial charge in [-0.25, -0.2) is 9.59 Å². The Bertz CT molecular complexity index is 575. The highest BCUT2D eigenvalue weighted by Crippen LogP contribution is 2.22. The number of carbonyl (C=O) groups excluding carboxylic acids is 2. The Morgan fingerprint density at radius 3 is 2.91 bits per heavy atom. The van der Waals surface area contributed by atoms with E-state index >= 15 is 0 Å². The Labute approximate surface area is 141 Å². The first-order valence-electron chi connectivity index (χ1n) is 7.79. The third kappa shape index (κ3) is 4.64. The lowest BCUT2D eigenvalue weighted by Crippen LogP contribution is -2.43. The number of nitrogens with zero attached hydrogens (tertiary/aromatic N) is 1. The van der Waals surface area contributed by atoms with E-state index in [-0.39, 0.29) is 6.03 Å². The van der Waals surface area contributed by atoms with Gasteiger partial charge < -0.3 is 15.0 Å². The van der Waals surface area contributed by atoms with E-state index in [1.54, 1.807) is 12.1 Å². The van der Waals surface area contributed by atoms with Crippen molar-refractivity contribution in [1.29, 1.82) is 0 Å². The van der Waals surface area contributed by atoms with Crippen molar-refractivity contribution in [2.45, 2.75) is 19.8 Å². The highest BCUT2D eigenvalue weighted by atomic mass is 32.2. The minimum atomic E-state index is -0.404. The standard InChI is InChI=1S/C17H24N2O3S/c1-12-6-7-14(16(20)22-2)9-15(12)18-17(21)19-8-4-5-13(10-19)11-23-3/h6-7,9,13H,4-5,8,10-11H2,1-3H3,(H,18,21)/t13-/m1/s1. The van der Waals surface area contributed by atoms with Crippen molar-refractivity contribution in [3.63, 3.8) is 0 Å².